The van der Waals surface area contributed by atoms with Gasteiger partial charge in [0.1, 0.15) is 0 Å². The summed E-state index contributed by atoms with van der Waals surface area (Å²) in [6, 6.07) is 8.60. The molecule has 0 heterocycles. The first kappa shape index (κ1) is 24.9. The van der Waals surface area contributed by atoms with E-state index >= 15 is 0 Å². The van der Waals surface area contributed by atoms with Crippen molar-refractivity contribution in [1.29, 1.82) is 0 Å². The third kappa shape index (κ3) is 6.53. The normalized spacial score (nSPS) is 19.6. The first-order chi connectivity index (χ1) is 10.8. The van der Waals surface area contributed by atoms with Crippen molar-refractivity contribution in [1.82, 2.24) is 0 Å². The third-order valence-electron chi connectivity index (χ3n) is 4.89. The second-order valence-corrected chi connectivity index (χ2v) is 6.76. The summed E-state index contributed by atoms with van der Waals surface area (Å²) in [5.74, 6) is 2.03. The fraction of sp³-hybridized carbons (Fsp3) is 0.409. The maximum Gasteiger partial charge on any atom is 4.00 e. The standard InChI is InChI=1S/C12H13.C10H13.2ClH.Zr/c1-9(2)11-8-7-10-5-3-4-6-12(10)11;1-2-5-9-7-4-8-10(9)6-3-1;;;/h3-8,11H,1-2H3;7H,1-3,5-6,8H2;2*1H;/q2*-1;;;+4/p-2. The molecule has 132 valence electrons. The summed E-state index contributed by atoms with van der Waals surface area (Å²) >= 11 is 0. The van der Waals surface area contributed by atoms with Crippen LogP contribution in [0.4, 0.5) is 0 Å². The summed E-state index contributed by atoms with van der Waals surface area (Å²) in [4.78, 5) is 0. The second-order valence-electron chi connectivity index (χ2n) is 6.76. The predicted octanol–water partition coefficient (Wildman–Crippen LogP) is 0.427. The number of fused-ring (bicyclic) bond motifs is 1. The molecule has 0 radical (unpaired) electrons. The van der Waals surface area contributed by atoms with Crippen LogP contribution in [-0.4, -0.2) is 0 Å². The fourth-order valence-corrected chi connectivity index (χ4v) is 3.59. The van der Waals surface area contributed by atoms with Crippen molar-refractivity contribution in [3.63, 3.8) is 0 Å². The molecule has 1 aromatic carbocycles. The van der Waals surface area contributed by atoms with Gasteiger partial charge >= 0.3 is 26.2 Å². The van der Waals surface area contributed by atoms with Crippen molar-refractivity contribution in [2.45, 2.75) is 58.3 Å². The third-order valence-corrected chi connectivity index (χ3v) is 4.89. The van der Waals surface area contributed by atoms with E-state index in [-0.39, 0.29) is 51.0 Å². The molecule has 0 aromatic heterocycles. The molecule has 4 rings (SSSR count). The number of rotatable bonds is 1. The van der Waals surface area contributed by atoms with Crippen LogP contribution >= 0.6 is 0 Å². The monoisotopic (exact) mass is 450 g/mol. The number of allylic oxidation sites excluding steroid dienone is 5. The van der Waals surface area contributed by atoms with Crippen molar-refractivity contribution in [2.24, 2.45) is 0 Å². The first-order valence-corrected chi connectivity index (χ1v) is 8.60. The van der Waals surface area contributed by atoms with Crippen LogP contribution in [0, 0.1) is 12.0 Å². The van der Waals surface area contributed by atoms with E-state index in [1.807, 2.05) is 0 Å². The number of hydrogen-bond acceptors (Lipinski definition) is 0. The quantitative estimate of drug-likeness (QED) is 0.543. The van der Waals surface area contributed by atoms with Gasteiger partial charge < -0.3 is 30.7 Å². The van der Waals surface area contributed by atoms with Gasteiger partial charge in [-0.1, -0.05) is 61.6 Å². The molecule has 0 nitrogen and oxygen atoms in total. The first-order valence-electron chi connectivity index (χ1n) is 8.60. The Morgan fingerprint density at radius 3 is 2.48 bits per heavy atom. The SMILES string of the molecule is C[C-](C)C1C=Cc2ccccc21.[C-]1=CC2=C(C1)CCCCC2.[Cl-].[Cl-].[Zr+4]. The van der Waals surface area contributed by atoms with E-state index in [1.54, 1.807) is 11.1 Å². The van der Waals surface area contributed by atoms with Crippen LogP contribution in [0.5, 0.6) is 0 Å². The van der Waals surface area contributed by atoms with E-state index in [2.05, 4.69) is 62.4 Å². The molecule has 25 heavy (non-hydrogen) atoms. The van der Waals surface area contributed by atoms with Crippen LogP contribution in [0.2, 0.25) is 0 Å². The molecule has 1 unspecified atom stereocenters. The topological polar surface area (TPSA) is 0 Å². The zero-order chi connectivity index (χ0) is 15.4. The Hall–Kier alpha value is -0.0969. The predicted molar refractivity (Wildman–Crippen MR) is 95.3 cm³/mol. The van der Waals surface area contributed by atoms with Crippen molar-refractivity contribution in [2.75, 3.05) is 0 Å². The van der Waals surface area contributed by atoms with E-state index < -0.39 is 0 Å². The van der Waals surface area contributed by atoms with Crippen molar-refractivity contribution < 1.29 is 51.0 Å². The summed E-state index contributed by atoms with van der Waals surface area (Å²) in [6.45, 7) is 4.38. The molecule has 0 bridgehead atoms. The van der Waals surface area contributed by atoms with E-state index in [0.717, 1.165) is 6.42 Å². The summed E-state index contributed by atoms with van der Waals surface area (Å²) in [6.07, 6.45) is 18.0. The zero-order valence-electron chi connectivity index (χ0n) is 15.1. The minimum Gasteiger partial charge on any atom is -1.00 e. The van der Waals surface area contributed by atoms with E-state index in [9.17, 15) is 0 Å². The smallest absolute Gasteiger partial charge is 1.00 e. The summed E-state index contributed by atoms with van der Waals surface area (Å²) in [7, 11) is 0. The van der Waals surface area contributed by atoms with Gasteiger partial charge in [0, 0.05) is 0 Å². The largest absolute Gasteiger partial charge is 4.00 e. The number of halogens is 2. The van der Waals surface area contributed by atoms with Gasteiger partial charge in [0.15, 0.2) is 0 Å². The molecule has 0 spiro atoms. The van der Waals surface area contributed by atoms with Crippen LogP contribution in [0.25, 0.3) is 6.08 Å². The molecule has 0 N–H and O–H groups in total. The van der Waals surface area contributed by atoms with Crippen LogP contribution in [0.3, 0.4) is 0 Å². The molecule has 0 saturated carbocycles. The van der Waals surface area contributed by atoms with E-state index in [1.165, 1.54) is 49.1 Å². The molecular weight excluding hydrogens is 426 g/mol. The zero-order valence-corrected chi connectivity index (χ0v) is 19.1. The summed E-state index contributed by atoms with van der Waals surface area (Å²) < 4.78 is 0. The molecule has 0 fully saturated rings. The van der Waals surface area contributed by atoms with Crippen LogP contribution < -0.4 is 24.8 Å². The molecule has 1 atom stereocenters. The Morgan fingerprint density at radius 1 is 1.00 bits per heavy atom. The molecule has 0 aliphatic heterocycles. The Balaban J connectivity index is 0.000000416. The Morgan fingerprint density at radius 2 is 1.72 bits per heavy atom. The summed E-state index contributed by atoms with van der Waals surface area (Å²) in [5.41, 5.74) is 6.12. The number of hydrogen-bond donors (Lipinski definition) is 0. The van der Waals surface area contributed by atoms with Crippen molar-refractivity contribution in [3.05, 3.63) is 70.7 Å². The Bertz CT molecular complexity index is 614. The molecule has 0 amide bonds. The molecule has 0 saturated heterocycles. The maximum absolute atomic E-state index is 3.29. The molecular formula is C22H26Cl2Zr. The minimum atomic E-state index is 0. The second kappa shape index (κ2) is 12.3. The molecule has 1 aromatic rings. The van der Waals surface area contributed by atoms with Crippen LogP contribution in [0.15, 0.2) is 47.6 Å². The van der Waals surface area contributed by atoms with Gasteiger partial charge in [-0.3, -0.25) is 6.08 Å². The van der Waals surface area contributed by atoms with E-state index in [4.69, 9.17) is 0 Å². The van der Waals surface area contributed by atoms with Crippen molar-refractivity contribution in [3.8, 4) is 0 Å². The van der Waals surface area contributed by atoms with E-state index in [0.29, 0.717) is 5.92 Å². The van der Waals surface area contributed by atoms with Gasteiger partial charge in [0.05, 0.1) is 0 Å². The Kier molecular flexibility index (Phi) is 12.3. The van der Waals surface area contributed by atoms with Gasteiger partial charge in [-0.05, 0) is 12.0 Å². The molecule has 3 heteroatoms. The average molecular weight is 453 g/mol. The van der Waals surface area contributed by atoms with Gasteiger partial charge in [-0.2, -0.15) is 25.0 Å². The molecule has 3 aliphatic rings. The maximum atomic E-state index is 3.29. The Labute approximate surface area is 185 Å². The number of benzene rings is 1. The van der Waals surface area contributed by atoms with Crippen molar-refractivity contribution >= 4 is 6.08 Å². The summed E-state index contributed by atoms with van der Waals surface area (Å²) in [5, 5.41) is 0. The van der Waals surface area contributed by atoms with Gasteiger partial charge in [0.25, 0.3) is 0 Å². The van der Waals surface area contributed by atoms with Crippen LogP contribution in [0.1, 0.15) is 69.4 Å². The van der Waals surface area contributed by atoms with Gasteiger partial charge in [-0.25, -0.2) is 6.08 Å². The van der Waals surface area contributed by atoms with Gasteiger partial charge in [0.2, 0.25) is 0 Å². The van der Waals surface area contributed by atoms with Gasteiger partial charge in [-0.15, -0.1) is 18.4 Å². The molecule has 3 aliphatic carbocycles. The fourth-order valence-electron chi connectivity index (χ4n) is 3.59. The minimum absolute atomic E-state index is 0. The van der Waals surface area contributed by atoms with Crippen LogP contribution in [-0.2, 0) is 26.2 Å². The average Bonchev–Trinajstić information content (AvgIpc) is 3.10.